The van der Waals surface area contributed by atoms with Crippen molar-refractivity contribution in [1.29, 1.82) is 0 Å². The predicted octanol–water partition coefficient (Wildman–Crippen LogP) is 2.48. The molecule has 1 N–H and O–H groups in total. The fraction of sp³-hybridized carbons (Fsp3) is 0.312. The zero-order chi connectivity index (χ0) is 17.1. The van der Waals surface area contributed by atoms with E-state index in [1.807, 2.05) is 28.9 Å². The number of anilines is 1. The summed E-state index contributed by atoms with van der Waals surface area (Å²) in [5, 5.41) is 20.2. The van der Waals surface area contributed by atoms with E-state index in [4.69, 9.17) is 4.42 Å². The molecule has 1 aliphatic heterocycles. The van der Waals surface area contributed by atoms with Gasteiger partial charge < -0.3 is 14.3 Å². The maximum absolute atomic E-state index is 12.5. The largest absolute Gasteiger partial charge is 0.465 e. The summed E-state index contributed by atoms with van der Waals surface area (Å²) in [6.07, 6.45) is 9.23. The van der Waals surface area contributed by atoms with Gasteiger partial charge in [0.1, 0.15) is 22.9 Å². The number of fused-ring (bicyclic) bond motifs is 1. The fourth-order valence-corrected chi connectivity index (χ4v) is 3.41. The van der Waals surface area contributed by atoms with E-state index in [2.05, 4.69) is 25.7 Å². The van der Waals surface area contributed by atoms with Gasteiger partial charge in [0.25, 0.3) is 0 Å². The molecule has 1 atom stereocenters. The number of aromatic nitrogens is 5. The minimum atomic E-state index is -0.0623. The number of furan rings is 1. The molecule has 4 heterocycles. The molecule has 0 saturated heterocycles. The third kappa shape index (κ3) is 3.66. The van der Waals surface area contributed by atoms with Crippen molar-refractivity contribution in [2.45, 2.75) is 25.8 Å². The Morgan fingerprint density at radius 1 is 1.32 bits per heavy atom. The van der Waals surface area contributed by atoms with Crippen LogP contribution in [0.2, 0.25) is 0 Å². The van der Waals surface area contributed by atoms with Crippen LogP contribution in [-0.4, -0.2) is 30.9 Å². The molecular weight excluding hydrogens is 340 g/mol. The van der Waals surface area contributed by atoms with E-state index in [-0.39, 0.29) is 11.8 Å². The van der Waals surface area contributed by atoms with E-state index in [0.29, 0.717) is 10.1 Å². The smallest absolute Gasteiger partial charge is 0.229 e. The molecule has 25 heavy (non-hydrogen) atoms. The molecule has 8 nitrogen and oxygen atoms in total. The Morgan fingerprint density at radius 3 is 3.16 bits per heavy atom. The Balaban J connectivity index is 1.36. The first-order valence-electron chi connectivity index (χ1n) is 8.00. The highest BCUT2D eigenvalue weighted by Gasteiger charge is 2.24. The molecule has 9 heteroatoms. The van der Waals surface area contributed by atoms with Crippen molar-refractivity contribution >= 4 is 34.5 Å². The number of carbonyl (C=O) groups is 1. The second-order valence-corrected chi connectivity index (χ2v) is 6.76. The van der Waals surface area contributed by atoms with Gasteiger partial charge in [-0.15, -0.1) is 20.4 Å². The lowest BCUT2D eigenvalue weighted by Gasteiger charge is -2.11. The Bertz CT molecular complexity index is 860. The first-order chi connectivity index (χ1) is 12.3. The van der Waals surface area contributed by atoms with Crippen LogP contribution in [0, 0.1) is 5.92 Å². The number of aryl methyl sites for hydroxylation is 2. The highest BCUT2D eigenvalue weighted by atomic mass is 32.1. The van der Waals surface area contributed by atoms with Crippen molar-refractivity contribution in [3.63, 3.8) is 0 Å². The van der Waals surface area contributed by atoms with Gasteiger partial charge in [-0.25, -0.2) is 0 Å². The second-order valence-electron chi connectivity index (χ2n) is 5.75. The lowest BCUT2D eigenvalue weighted by molar-refractivity contribution is -0.120. The minimum Gasteiger partial charge on any atom is -0.465 e. The zero-order valence-electron chi connectivity index (χ0n) is 13.3. The molecular formula is C16H16N6O2S. The van der Waals surface area contributed by atoms with Gasteiger partial charge in [0.15, 0.2) is 0 Å². The van der Waals surface area contributed by atoms with Crippen LogP contribution in [0.3, 0.4) is 0 Å². The topological polar surface area (TPSA) is 98.7 Å². The van der Waals surface area contributed by atoms with Gasteiger partial charge in [-0.3, -0.25) is 4.79 Å². The minimum absolute atomic E-state index is 0.0172. The zero-order valence-corrected chi connectivity index (χ0v) is 14.1. The van der Waals surface area contributed by atoms with Crippen molar-refractivity contribution in [3.05, 3.63) is 41.3 Å². The summed E-state index contributed by atoms with van der Waals surface area (Å²) >= 11 is 1.33. The Hall–Kier alpha value is -2.81. The van der Waals surface area contributed by atoms with E-state index in [9.17, 15) is 4.79 Å². The Morgan fingerprint density at radius 2 is 2.28 bits per heavy atom. The number of hydrogen-bond donors (Lipinski definition) is 1. The van der Waals surface area contributed by atoms with Crippen LogP contribution in [-0.2, 0) is 17.8 Å². The van der Waals surface area contributed by atoms with Crippen LogP contribution in [0.25, 0.3) is 12.2 Å². The van der Waals surface area contributed by atoms with Gasteiger partial charge in [-0.05, 0) is 37.1 Å². The molecule has 3 aromatic heterocycles. The average Bonchev–Trinajstić information content (AvgIpc) is 3.34. The molecule has 128 valence electrons. The molecule has 3 aromatic rings. The van der Waals surface area contributed by atoms with Gasteiger partial charge in [0.05, 0.1) is 6.26 Å². The van der Waals surface area contributed by atoms with Crippen LogP contribution in [0.15, 0.2) is 29.1 Å². The Labute approximate surface area is 147 Å². The van der Waals surface area contributed by atoms with Gasteiger partial charge in [-0.2, -0.15) is 0 Å². The van der Waals surface area contributed by atoms with Crippen molar-refractivity contribution in [2.24, 2.45) is 5.92 Å². The van der Waals surface area contributed by atoms with Crippen LogP contribution < -0.4 is 5.32 Å². The normalized spacial score (nSPS) is 17.4. The van der Waals surface area contributed by atoms with Crippen LogP contribution >= 0.6 is 11.3 Å². The summed E-state index contributed by atoms with van der Waals surface area (Å²) < 4.78 is 7.24. The van der Waals surface area contributed by atoms with Crippen molar-refractivity contribution in [1.82, 2.24) is 25.0 Å². The van der Waals surface area contributed by atoms with Crippen LogP contribution in [0.4, 0.5) is 5.13 Å². The number of carbonyl (C=O) groups excluding carboxylic acids is 1. The van der Waals surface area contributed by atoms with Gasteiger partial charge in [-0.1, -0.05) is 11.3 Å². The van der Waals surface area contributed by atoms with E-state index >= 15 is 0 Å². The van der Waals surface area contributed by atoms with E-state index in [0.717, 1.165) is 37.4 Å². The highest BCUT2D eigenvalue weighted by molar-refractivity contribution is 7.16. The summed E-state index contributed by atoms with van der Waals surface area (Å²) in [5.41, 5.74) is 0. The van der Waals surface area contributed by atoms with E-state index < -0.39 is 0 Å². The van der Waals surface area contributed by atoms with Crippen molar-refractivity contribution in [2.75, 3.05) is 5.32 Å². The van der Waals surface area contributed by atoms with E-state index in [1.165, 1.54) is 11.3 Å². The molecule has 1 aliphatic rings. The number of nitrogens with zero attached hydrogens (tertiary/aromatic N) is 5. The van der Waals surface area contributed by atoms with Crippen molar-refractivity contribution in [3.8, 4) is 0 Å². The first kappa shape index (κ1) is 15.7. The van der Waals surface area contributed by atoms with Gasteiger partial charge >= 0.3 is 0 Å². The summed E-state index contributed by atoms with van der Waals surface area (Å²) in [5.74, 6) is 1.60. The molecule has 0 aromatic carbocycles. The average molecular weight is 356 g/mol. The number of hydrogen-bond acceptors (Lipinski definition) is 7. The first-order valence-corrected chi connectivity index (χ1v) is 8.82. The summed E-state index contributed by atoms with van der Waals surface area (Å²) in [6, 6.07) is 3.67. The predicted molar refractivity (Wildman–Crippen MR) is 92.6 cm³/mol. The molecule has 0 aliphatic carbocycles. The second kappa shape index (κ2) is 6.98. The Kier molecular flexibility index (Phi) is 4.38. The molecule has 1 unspecified atom stereocenters. The summed E-state index contributed by atoms with van der Waals surface area (Å²) in [4.78, 5) is 12.5. The van der Waals surface area contributed by atoms with Gasteiger partial charge in [0.2, 0.25) is 11.0 Å². The third-order valence-electron chi connectivity index (χ3n) is 4.11. The molecule has 0 radical (unpaired) electrons. The quantitative estimate of drug-likeness (QED) is 0.771. The van der Waals surface area contributed by atoms with Crippen LogP contribution in [0.5, 0.6) is 0 Å². The van der Waals surface area contributed by atoms with Crippen molar-refractivity contribution < 1.29 is 9.21 Å². The molecule has 0 spiro atoms. The molecule has 0 saturated carbocycles. The standard InChI is InChI=1S/C16H16N6O2S/c23-15(11-3-5-13-19-17-10-22(13)8-7-11)18-16-21-20-14(25-16)6-4-12-2-1-9-24-12/h1-2,4,6,9-11H,3,5,7-8H2,(H,18,21,23)/b6-4+. The lowest BCUT2D eigenvalue weighted by Crippen LogP contribution is -2.23. The molecule has 0 bridgehead atoms. The lowest BCUT2D eigenvalue weighted by atomic mass is 10.00. The summed E-state index contributed by atoms with van der Waals surface area (Å²) in [6.45, 7) is 0.758. The number of amides is 1. The summed E-state index contributed by atoms with van der Waals surface area (Å²) in [7, 11) is 0. The maximum atomic E-state index is 12.5. The number of nitrogens with one attached hydrogen (secondary N) is 1. The van der Waals surface area contributed by atoms with E-state index in [1.54, 1.807) is 12.6 Å². The molecule has 1 amide bonds. The monoisotopic (exact) mass is 356 g/mol. The molecule has 0 fully saturated rings. The van der Waals surface area contributed by atoms with Crippen LogP contribution in [0.1, 0.15) is 29.4 Å². The third-order valence-corrected chi connectivity index (χ3v) is 4.91. The maximum Gasteiger partial charge on any atom is 0.229 e. The SMILES string of the molecule is O=C(Nc1nnc(/C=C/c2ccco2)s1)C1CCc2nncn2CC1. The van der Waals surface area contributed by atoms with Gasteiger partial charge in [0, 0.05) is 18.9 Å². The number of rotatable bonds is 4. The highest BCUT2D eigenvalue weighted by Crippen LogP contribution is 2.23. The molecule has 4 rings (SSSR count). The fourth-order valence-electron chi connectivity index (χ4n) is 2.76.